The van der Waals surface area contributed by atoms with Gasteiger partial charge >= 0.3 is 0 Å². The summed E-state index contributed by atoms with van der Waals surface area (Å²) in [5.74, 6) is 0.230. The van der Waals surface area contributed by atoms with Gasteiger partial charge in [-0.3, -0.25) is 19.9 Å². The van der Waals surface area contributed by atoms with Crippen LogP contribution in [0.4, 0.5) is 5.13 Å². The van der Waals surface area contributed by atoms with Crippen LogP contribution in [0.15, 0.2) is 47.5 Å². The van der Waals surface area contributed by atoms with Crippen LogP contribution in [0.2, 0.25) is 5.15 Å². The summed E-state index contributed by atoms with van der Waals surface area (Å²) in [6.07, 6.45) is 6.54. The van der Waals surface area contributed by atoms with E-state index in [-0.39, 0.29) is 10.9 Å². The molecule has 0 radical (unpaired) electrons. The van der Waals surface area contributed by atoms with Gasteiger partial charge in [0, 0.05) is 28.6 Å². The molecule has 0 aliphatic carbocycles. The Bertz CT molecular complexity index is 1600. The first kappa shape index (κ1) is 22.6. The quantitative estimate of drug-likeness (QED) is 0.253. The lowest BCUT2D eigenvalue weighted by Crippen LogP contribution is -2.14. The Labute approximate surface area is 207 Å². The van der Waals surface area contributed by atoms with E-state index in [1.807, 2.05) is 6.92 Å². The highest BCUT2D eigenvalue weighted by Crippen LogP contribution is 2.34. The first-order chi connectivity index (χ1) is 16.9. The largest absolute Gasteiger partial charge is 0.494 e. The van der Waals surface area contributed by atoms with Gasteiger partial charge in [0.2, 0.25) is 0 Å². The zero-order chi connectivity index (χ0) is 24.5. The Morgan fingerprint density at radius 1 is 1.11 bits per heavy atom. The molecule has 0 aromatic carbocycles. The van der Waals surface area contributed by atoms with Gasteiger partial charge in [-0.1, -0.05) is 22.9 Å². The maximum absolute atomic E-state index is 13.2. The molecule has 174 valence electrons. The zero-order valence-electron chi connectivity index (χ0n) is 18.3. The fourth-order valence-corrected chi connectivity index (χ4v) is 4.33. The average Bonchev–Trinajstić information content (AvgIpc) is 3.50. The fraction of sp³-hybridized carbons (Fsp3) is 0.0870. The number of rotatable bonds is 6. The van der Waals surface area contributed by atoms with Crippen molar-refractivity contribution in [1.29, 1.82) is 0 Å². The van der Waals surface area contributed by atoms with Gasteiger partial charge in [-0.25, -0.2) is 15.0 Å². The zero-order valence-corrected chi connectivity index (χ0v) is 19.8. The molecule has 5 heterocycles. The van der Waals surface area contributed by atoms with Gasteiger partial charge in [-0.15, -0.1) is 0 Å². The summed E-state index contributed by atoms with van der Waals surface area (Å²) in [6, 6.07) is 4.97. The number of ether oxygens (including phenoxy) is 1. The fourth-order valence-electron chi connectivity index (χ4n) is 3.38. The van der Waals surface area contributed by atoms with E-state index in [1.165, 1.54) is 32.0 Å². The molecule has 0 atom stereocenters. The number of amides is 1. The van der Waals surface area contributed by atoms with Crippen molar-refractivity contribution in [3.8, 4) is 28.1 Å². The summed E-state index contributed by atoms with van der Waals surface area (Å²) >= 11 is 7.27. The number of fused-ring (bicyclic) bond motifs is 1. The number of aryl methyl sites for hydroxylation is 1. The van der Waals surface area contributed by atoms with Crippen LogP contribution in [-0.2, 0) is 0 Å². The molecule has 35 heavy (non-hydrogen) atoms. The maximum atomic E-state index is 13.2. The second-order valence-corrected chi connectivity index (χ2v) is 8.66. The summed E-state index contributed by atoms with van der Waals surface area (Å²) in [4.78, 5) is 46.1. The SMILES string of the molecule is COc1cnc(Cl)cc1-c1cc(C)ncc1C(=O)Nc1nc2ncc(-c3coc(C=O)c3)nc2s1. The highest BCUT2D eigenvalue weighted by atomic mass is 35.5. The van der Waals surface area contributed by atoms with Crippen molar-refractivity contribution < 1.29 is 18.7 Å². The molecule has 1 amide bonds. The predicted octanol–water partition coefficient (Wildman–Crippen LogP) is 4.84. The summed E-state index contributed by atoms with van der Waals surface area (Å²) in [6.45, 7) is 1.82. The van der Waals surface area contributed by atoms with Gasteiger partial charge < -0.3 is 9.15 Å². The molecule has 0 bridgehead atoms. The van der Waals surface area contributed by atoms with Crippen molar-refractivity contribution in [3.05, 3.63) is 65.2 Å². The molecule has 0 aliphatic rings. The number of anilines is 1. The number of aldehydes is 1. The first-order valence-corrected chi connectivity index (χ1v) is 11.3. The van der Waals surface area contributed by atoms with Gasteiger partial charge in [-0.05, 0) is 25.1 Å². The van der Waals surface area contributed by atoms with E-state index in [1.54, 1.807) is 18.2 Å². The minimum absolute atomic E-state index is 0.189. The molecule has 0 saturated heterocycles. The van der Waals surface area contributed by atoms with Crippen molar-refractivity contribution in [2.24, 2.45) is 0 Å². The molecule has 0 saturated carbocycles. The molecule has 0 unspecified atom stereocenters. The maximum Gasteiger partial charge on any atom is 0.259 e. The number of nitrogens with one attached hydrogen (secondary N) is 1. The van der Waals surface area contributed by atoms with E-state index in [4.69, 9.17) is 20.8 Å². The van der Waals surface area contributed by atoms with Crippen LogP contribution in [0.1, 0.15) is 26.6 Å². The van der Waals surface area contributed by atoms with Crippen LogP contribution in [0, 0.1) is 6.92 Å². The van der Waals surface area contributed by atoms with Crippen LogP contribution in [0.3, 0.4) is 0 Å². The summed E-state index contributed by atoms with van der Waals surface area (Å²) in [5, 5.41) is 3.37. The van der Waals surface area contributed by atoms with Gasteiger partial charge in [0.15, 0.2) is 27.7 Å². The molecular weight excluding hydrogens is 492 g/mol. The van der Waals surface area contributed by atoms with Gasteiger partial charge in [0.1, 0.15) is 17.2 Å². The highest BCUT2D eigenvalue weighted by Gasteiger charge is 2.20. The minimum atomic E-state index is -0.424. The standard InChI is InChI=1S/C23H15ClN6O4S/c1-11-3-14(15-5-19(24)26-8-18(15)33-2)16(6-25-11)21(32)30-23-29-20-22(35-23)28-17(7-27-20)12-4-13(9-31)34-10-12/h3-10H,1-2H3,(H,27,29,30,32). The van der Waals surface area contributed by atoms with Crippen molar-refractivity contribution in [1.82, 2.24) is 24.9 Å². The van der Waals surface area contributed by atoms with Gasteiger partial charge in [0.25, 0.3) is 5.91 Å². The third-order valence-corrected chi connectivity index (χ3v) is 6.07. The molecular formula is C23H15ClN6O4S. The van der Waals surface area contributed by atoms with Crippen molar-refractivity contribution in [2.45, 2.75) is 6.92 Å². The topological polar surface area (TPSA) is 133 Å². The highest BCUT2D eigenvalue weighted by molar-refractivity contribution is 7.21. The number of halogens is 1. The van der Waals surface area contributed by atoms with E-state index in [0.717, 1.165) is 11.3 Å². The molecule has 10 nitrogen and oxygen atoms in total. The third kappa shape index (κ3) is 4.46. The Kier molecular flexibility index (Phi) is 5.93. The summed E-state index contributed by atoms with van der Waals surface area (Å²) < 4.78 is 10.6. The predicted molar refractivity (Wildman–Crippen MR) is 130 cm³/mol. The summed E-state index contributed by atoms with van der Waals surface area (Å²) in [5.41, 5.74) is 3.71. The van der Waals surface area contributed by atoms with Crippen LogP contribution in [0.5, 0.6) is 5.75 Å². The number of hydrogen-bond donors (Lipinski definition) is 1. The molecule has 0 spiro atoms. The number of carbonyl (C=O) groups excluding carboxylic acids is 2. The van der Waals surface area contributed by atoms with E-state index in [2.05, 4.69) is 30.2 Å². The molecule has 12 heteroatoms. The number of pyridine rings is 2. The van der Waals surface area contributed by atoms with Crippen LogP contribution in [-0.4, -0.2) is 44.2 Å². The average molecular weight is 507 g/mol. The van der Waals surface area contributed by atoms with E-state index < -0.39 is 5.91 Å². The van der Waals surface area contributed by atoms with Crippen molar-refractivity contribution >= 4 is 50.7 Å². The van der Waals surface area contributed by atoms with Crippen LogP contribution < -0.4 is 10.1 Å². The van der Waals surface area contributed by atoms with Crippen molar-refractivity contribution in [3.63, 3.8) is 0 Å². The first-order valence-electron chi connectivity index (χ1n) is 10.1. The Morgan fingerprint density at radius 2 is 1.97 bits per heavy atom. The van der Waals surface area contributed by atoms with Gasteiger partial charge in [-0.2, -0.15) is 4.98 Å². The van der Waals surface area contributed by atoms with Gasteiger partial charge in [0.05, 0.1) is 30.8 Å². The molecule has 5 aromatic rings. The monoisotopic (exact) mass is 506 g/mol. The lowest BCUT2D eigenvalue weighted by molar-refractivity contribution is 0.102. The van der Waals surface area contributed by atoms with E-state index in [9.17, 15) is 9.59 Å². The number of nitrogens with zero attached hydrogens (tertiary/aromatic N) is 5. The molecule has 0 aliphatic heterocycles. The molecule has 1 N–H and O–H groups in total. The number of thiazole rings is 1. The number of methoxy groups -OCH3 is 1. The second-order valence-electron chi connectivity index (χ2n) is 7.29. The van der Waals surface area contributed by atoms with E-state index >= 15 is 0 Å². The number of aromatic nitrogens is 5. The molecule has 5 rings (SSSR count). The Balaban J connectivity index is 1.48. The van der Waals surface area contributed by atoms with E-state index in [0.29, 0.717) is 61.3 Å². The number of hydrogen-bond acceptors (Lipinski definition) is 10. The molecule has 5 aromatic heterocycles. The third-order valence-electron chi connectivity index (χ3n) is 5.00. The summed E-state index contributed by atoms with van der Waals surface area (Å²) in [7, 11) is 1.51. The lowest BCUT2D eigenvalue weighted by atomic mass is 10.0. The van der Waals surface area contributed by atoms with Crippen molar-refractivity contribution in [2.75, 3.05) is 12.4 Å². The van der Waals surface area contributed by atoms with Crippen LogP contribution >= 0.6 is 22.9 Å². The second kappa shape index (κ2) is 9.20. The smallest absolute Gasteiger partial charge is 0.259 e. The number of furan rings is 1. The Morgan fingerprint density at radius 3 is 2.74 bits per heavy atom. The lowest BCUT2D eigenvalue weighted by Gasteiger charge is -2.13. The Hall–Kier alpha value is -4.22. The minimum Gasteiger partial charge on any atom is -0.494 e. The number of carbonyl (C=O) groups is 2. The van der Waals surface area contributed by atoms with Crippen LogP contribution in [0.25, 0.3) is 32.9 Å². The molecule has 0 fully saturated rings. The normalized spacial score (nSPS) is 10.9.